The first-order valence-corrected chi connectivity index (χ1v) is 7.41. The Kier molecular flexibility index (Phi) is 4.86. The van der Waals surface area contributed by atoms with Crippen molar-refractivity contribution in [1.29, 1.82) is 0 Å². The maximum absolute atomic E-state index is 5.61. The van der Waals surface area contributed by atoms with Gasteiger partial charge in [-0.3, -0.25) is 4.90 Å². The van der Waals surface area contributed by atoms with E-state index in [-0.39, 0.29) is 0 Å². The summed E-state index contributed by atoms with van der Waals surface area (Å²) in [6.45, 7) is 6.56. The molecule has 0 radical (unpaired) electrons. The molecular formula is C16H21N3O2. The van der Waals surface area contributed by atoms with Crippen molar-refractivity contribution < 1.29 is 9.26 Å². The first kappa shape index (κ1) is 14.1. The summed E-state index contributed by atoms with van der Waals surface area (Å²) in [5.41, 5.74) is 2.17. The molecule has 1 aromatic heterocycles. The van der Waals surface area contributed by atoms with Gasteiger partial charge in [-0.2, -0.15) is 0 Å². The van der Waals surface area contributed by atoms with Crippen LogP contribution < -0.4 is 4.90 Å². The maximum atomic E-state index is 5.61. The van der Waals surface area contributed by atoms with Crippen molar-refractivity contribution in [2.75, 3.05) is 44.2 Å². The molecule has 1 aliphatic heterocycles. The number of hydrogen-bond donors (Lipinski definition) is 0. The molecular weight excluding hydrogens is 266 g/mol. The number of para-hydroxylation sites is 1. The lowest BCUT2D eigenvalue weighted by Gasteiger charge is -2.36. The van der Waals surface area contributed by atoms with Crippen LogP contribution in [0.25, 0.3) is 0 Å². The third kappa shape index (κ3) is 4.06. The standard InChI is InChI=1S/C16H21N3O2/c1-2-4-16(5-3-1)19-9-7-18(8-10-19)11-13-20-14-15-6-12-21-17-15/h1-6,12H,7-11,13-14H2. The zero-order valence-electron chi connectivity index (χ0n) is 12.1. The van der Waals surface area contributed by atoms with E-state index in [9.17, 15) is 0 Å². The molecule has 0 saturated carbocycles. The van der Waals surface area contributed by atoms with Crippen LogP contribution in [0.4, 0.5) is 5.69 Å². The van der Waals surface area contributed by atoms with Crippen LogP contribution in [0.1, 0.15) is 5.69 Å². The Morgan fingerprint density at radius 3 is 2.57 bits per heavy atom. The molecule has 0 spiro atoms. The third-order valence-electron chi connectivity index (χ3n) is 3.79. The minimum absolute atomic E-state index is 0.528. The van der Waals surface area contributed by atoms with Gasteiger partial charge in [0.1, 0.15) is 12.0 Å². The molecule has 0 amide bonds. The molecule has 0 unspecified atom stereocenters. The van der Waals surface area contributed by atoms with Gasteiger partial charge < -0.3 is 14.2 Å². The maximum Gasteiger partial charge on any atom is 0.124 e. The van der Waals surface area contributed by atoms with Crippen LogP contribution >= 0.6 is 0 Å². The minimum Gasteiger partial charge on any atom is -0.374 e. The predicted molar refractivity (Wildman–Crippen MR) is 81.3 cm³/mol. The summed E-state index contributed by atoms with van der Waals surface area (Å²) in [6.07, 6.45) is 1.57. The van der Waals surface area contributed by atoms with Gasteiger partial charge in [0.15, 0.2) is 0 Å². The van der Waals surface area contributed by atoms with Gasteiger partial charge in [-0.25, -0.2) is 0 Å². The fourth-order valence-electron chi connectivity index (χ4n) is 2.55. The van der Waals surface area contributed by atoms with Gasteiger partial charge in [-0.05, 0) is 12.1 Å². The second-order valence-electron chi connectivity index (χ2n) is 5.21. The lowest BCUT2D eigenvalue weighted by atomic mass is 10.2. The van der Waals surface area contributed by atoms with E-state index in [4.69, 9.17) is 9.26 Å². The molecule has 0 N–H and O–H groups in total. The smallest absolute Gasteiger partial charge is 0.124 e. The number of benzene rings is 1. The van der Waals surface area contributed by atoms with Crippen molar-refractivity contribution in [2.45, 2.75) is 6.61 Å². The average molecular weight is 287 g/mol. The lowest BCUT2D eigenvalue weighted by molar-refractivity contribution is 0.0871. The van der Waals surface area contributed by atoms with E-state index in [1.807, 2.05) is 6.07 Å². The fourth-order valence-corrected chi connectivity index (χ4v) is 2.55. The Balaban J connectivity index is 1.34. The van der Waals surface area contributed by atoms with Crippen molar-refractivity contribution in [1.82, 2.24) is 10.1 Å². The highest BCUT2D eigenvalue weighted by Crippen LogP contribution is 2.15. The number of nitrogens with zero attached hydrogens (tertiary/aromatic N) is 3. The summed E-state index contributed by atoms with van der Waals surface area (Å²) in [7, 11) is 0. The highest BCUT2D eigenvalue weighted by atomic mass is 16.5. The Morgan fingerprint density at radius 1 is 1.05 bits per heavy atom. The van der Waals surface area contributed by atoms with Crippen LogP contribution in [0, 0.1) is 0 Å². The molecule has 0 aliphatic carbocycles. The molecule has 1 aliphatic rings. The van der Waals surface area contributed by atoms with Gasteiger partial charge in [-0.15, -0.1) is 0 Å². The van der Waals surface area contributed by atoms with E-state index in [1.54, 1.807) is 6.26 Å². The van der Waals surface area contributed by atoms with Gasteiger partial charge in [0.25, 0.3) is 0 Å². The van der Waals surface area contributed by atoms with Crippen LogP contribution in [0.3, 0.4) is 0 Å². The Hall–Kier alpha value is -1.85. The van der Waals surface area contributed by atoms with Gasteiger partial charge in [0, 0.05) is 44.5 Å². The number of anilines is 1. The zero-order chi connectivity index (χ0) is 14.3. The molecule has 0 bridgehead atoms. The molecule has 1 fully saturated rings. The van der Waals surface area contributed by atoms with Gasteiger partial charge in [0.05, 0.1) is 13.2 Å². The summed E-state index contributed by atoms with van der Waals surface area (Å²) >= 11 is 0. The molecule has 1 saturated heterocycles. The summed E-state index contributed by atoms with van der Waals surface area (Å²) < 4.78 is 10.4. The van der Waals surface area contributed by atoms with E-state index in [0.29, 0.717) is 6.61 Å². The summed E-state index contributed by atoms with van der Waals surface area (Å²) in [6, 6.07) is 12.4. The topological polar surface area (TPSA) is 41.7 Å². The second-order valence-corrected chi connectivity index (χ2v) is 5.21. The van der Waals surface area contributed by atoms with Crippen LogP contribution in [0.2, 0.25) is 0 Å². The Labute approximate surface area is 125 Å². The van der Waals surface area contributed by atoms with Crippen molar-refractivity contribution in [3.63, 3.8) is 0 Å². The number of aromatic nitrogens is 1. The van der Waals surface area contributed by atoms with Crippen molar-refractivity contribution >= 4 is 5.69 Å². The summed E-state index contributed by atoms with van der Waals surface area (Å²) in [5, 5.41) is 3.82. The molecule has 1 aromatic carbocycles. The molecule has 5 nitrogen and oxygen atoms in total. The first-order chi connectivity index (χ1) is 10.4. The molecule has 5 heteroatoms. The minimum atomic E-state index is 0.528. The molecule has 2 aromatic rings. The largest absolute Gasteiger partial charge is 0.374 e. The van der Waals surface area contributed by atoms with Crippen molar-refractivity contribution in [2.24, 2.45) is 0 Å². The second kappa shape index (κ2) is 7.24. The molecule has 112 valence electrons. The van der Waals surface area contributed by atoms with E-state index in [1.165, 1.54) is 5.69 Å². The number of hydrogen-bond acceptors (Lipinski definition) is 5. The van der Waals surface area contributed by atoms with Crippen LogP contribution in [-0.4, -0.2) is 49.4 Å². The van der Waals surface area contributed by atoms with E-state index >= 15 is 0 Å². The SMILES string of the molecule is c1ccc(N2CCN(CCOCc3ccon3)CC2)cc1. The third-order valence-corrected chi connectivity index (χ3v) is 3.79. The number of ether oxygens (including phenoxy) is 1. The van der Waals surface area contributed by atoms with Crippen LogP contribution in [0.15, 0.2) is 47.2 Å². The first-order valence-electron chi connectivity index (χ1n) is 7.41. The number of rotatable bonds is 6. The normalized spacial score (nSPS) is 16.3. The van der Waals surface area contributed by atoms with Crippen LogP contribution in [0.5, 0.6) is 0 Å². The molecule has 21 heavy (non-hydrogen) atoms. The Morgan fingerprint density at radius 2 is 1.86 bits per heavy atom. The average Bonchev–Trinajstić information content (AvgIpc) is 3.06. The van der Waals surface area contributed by atoms with E-state index < -0.39 is 0 Å². The van der Waals surface area contributed by atoms with E-state index in [2.05, 4.69) is 45.3 Å². The Bertz CT molecular complexity index is 508. The molecule has 0 atom stereocenters. The van der Waals surface area contributed by atoms with E-state index in [0.717, 1.165) is 45.0 Å². The molecule has 3 rings (SSSR count). The fraction of sp³-hybridized carbons (Fsp3) is 0.438. The lowest BCUT2D eigenvalue weighted by Crippen LogP contribution is -2.47. The quantitative estimate of drug-likeness (QED) is 0.760. The number of piperazine rings is 1. The van der Waals surface area contributed by atoms with Gasteiger partial charge in [-0.1, -0.05) is 23.4 Å². The van der Waals surface area contributed by atoms with Crippen LogP contribution in [-0.2, 0) is 11.3 Å². The highest BCUT2D eigenvalue weighted by Gasteiger charge is 2.16. The van der Waals surface area contributed by atoms with Crippen molar-refractivity contribution in [3.8, 4) is 0 Å². The summed E-state index contributed by atoms with van der Waals surface area (Å²) in [4.78, 5) is 4.88. The zero-order valence-corrected chi connectivity index (χ0v) is 12.1. The van der Waals surface area contributed by atoms with Gasteiger partial charge >= 0.3 is 0 Å². The monoisotopic (exact) mass is 287 g/mol. The summed E-state index contributed by atoms with van der Waals surface area (Å²) in [5.74, 6) is 0. The predicted octanol–water partition coefficient (Wildman–Crippen LogP) is 2.01. The highest BCUT2D eigenvalue weighted by molar-refractivity contribution is 5.46. The van der Waals surface area contributed by atoms with Gasteiger partial charge in [0.2, 0.25) is 0 Å². The van der Waals surface area contributed by atoms with Crippen molar-refractivity contribution in [3.05, 3.63) is 48.4 Å². The molecule has 2 heterocycles.